The molecule has 0 N–H and O–H groups in total. The summed E-state index contributed by atoms with van der Waals surface area (Å²) in [4.78, 5) is 14.1. The molecule has 4 heteroatoms. The van der Waals surface area contributed by atoms with E-state index in [1.165, 1.54) is 0 Å². The number of thiophene rings is 1. The average Bonchev–Trinajstić information content (AvgIpc) is 2.84. The molecule has 1 amide bonds. The van der Waals surface area contributed by atoms with Crippen molar-refractivity contribution in [2.75, 3.05) is 7.05 Å². The standard InChI is InChI=1S/C14H14INOS/c1-10(11-6-4-3-5-7-11)16(2)14(17)12-8-13(15)18-9-12/h3-10H,1-2H3. The van der Waals surface area contributed by atoms with E-state index >= 15 is 0 Å². The lowest BCUT2D eigenvalue weighted by atomic mass is 10.1. The number of hydrogen-bond donors (Lipinski definition) is 0. The molecule has 2 aromatic rings. The molecular formula is C14H14INOS. The first-order valence-electron chi connectivity index (χ1n) is 5.65. The van der Waals surface area contributed by atoms with Gasteiger partial charge in [-0.2, -0.15) is 0 Å². The first kappa shape index (κ1) is 13.5. The quantitative estimate of drug-likeness (QED) is 0.741. The van der Waals surface area contributed by atoms with Crippen LogP contribution in [-0.4, -0.2) is 17.9 Å². The van der Waals surface area contributed by atoms with Crippen LogP contribution in [0.3, 0.4) is 0 Å². The molecule has 0 radical (unpaired) electrons. The van der Waals surface area contributed by atoms with Gasteiger partial charge in [-0.05, 0) is 41.1 Å². The van der Waals surface area contributed by atoms with Crippen molar-refractivity contribution in [3.8, 4) is 0 Å². The number of carbonyl (C=O) groups is 1. The largest absolute Gasteiger partial charge is 0.335 e. The molecule has 0 aliphatic carbocycles. The lowest BCUT2D eigenvalue weighted by Gasteiger charge is -2.25. The van der Waals surface area contributed by atoms with Gasteiger partial charge in [0, 0.05) is 12.4 Å². The van der Waals surface area contributed by atoms with Crippen LogP contribution >= 0.6 is 33.9 Å². The van der Waals surface area contributed by atoms with E-state index in [9.17, 15) is 4.79 Å². The summed E-state index contributed by atoms with van der Waals surface area (Å²) in [5.74, 6) is 0.0746. The number of benzene rings is 1. The maximum absolute atomic E-state index is 12.3. The topological polar surface area (TPSA) is 20.3 Å². The second-order valence-electron chi connectivity index (χ2n) is 4.14. The van der Waals surface area contributed by atoms with Crippen LogP contribution in [0.5, 0.6) is 0 Å². The van der Waals surface area contributed by atoms with E-state index in [4.69, 9.17) is 0 Å². The van der Waals surface area contributed by atoms with Crippen molar-refractivity contribution in [1.29, 1.82) is 0 Å². The van der Waals surface area contributed by atoms with Crippen molar-refractivity contribution < 1.29 is 4.79 Å². The van der Waals surface area contributed by atoms with Gasteiger partial charge in [0.1, 0.15) is 0 Å². The molecular weight excluding hydrogens is 357 g/mol. The van der Waals surface area contributed by atoms with E-state index in [1.54, 1.807) is 16.2 Å². The minimum Gasteiger partial charge on any atom is -0.335 e. The molecule has 0 fully saturated rings. The fourth-order valence-corrected chi connectivity index (χ4v) is 3.08. The zero-order chi connectivity index (χ0) is 13.1. The summed E-state index contributed by atoms with van der Waals surface area (Å²) >= 11 is 3.83. The molecule has 1 atom stereocenters. The Labute approximate surface area is 125 Å². The SMILES string of the molecule is CC(c1ccccc1)N(C)C(=O)c1csc(I)c1. The Hall–Kier alpha value is -0.880. The normalized spacial score (nSPS) is 12.2. The van der Waals surface area contributed by atoms with Crippen LogP contribution in [0.1, 0.15) is 28.9 Å². The Kier molecular flexibility index (Phi) is 4.40. The van der Waals surface area contributed by atoms with Crippen LogP contribution in [-0.2, 0) is 0 Å². The van der Waals surface area contributed by atoms with E-state index in [2.05, 4.69) is 22.6 Å². The molecule has 1 heterocycles. The van der Waals surface area contributed by atoms with Gasteiger partial charge in [-0.3, -0.25) is 4.79 Å². The van der Waals surface area contributed by atoms with Gasteiger partial charge in [0.15, 0.2) is 0 Å². The molecule has 2 nitrogen and oxygen atoms in total. The summed E-state index contributed by atoms with van der Waals surface area (Å²) < 4.78 is 1.14. The van der Waals surface area contributed by atoms with Crippen molar-refractivity contribution in [1.82, 2.24) is 4.90 Å². The molecule has 0 aliphatic rings. The zero-order valence-corrected chi connectivity index (χ0v) is 13.2. The lowest BCUT2D eigenvalue weighted by Crippen LogP contribution is -2.29. The second kappa shape index (κ2) is 5.84. The molecule has 18 heavy (non-hydrogen) atoms. The van der Waals surface area contributed by atoms with E-state index in [0.29, 0.717) is 0 Å². The van der Waals surface area contributed by atoms with Crippen LogP contribution in [0.4, 0.5) is 0 Å². The Morgan fingerprint density at radius 3 is 2.56 bits per heavy atom. The highest BCUT2D eigenvalue weighted by Gasteiger charge is 2.19. The average molecular weight is 371 g/mol. The Balaban J connectivity index is 2.16. The third-order valence-corrected chi connectivity index (χ3v) is 4.79. The van der Waals surface area contributed by atoms with Crippen LogP contribution in [0, 0.1) is 2.88 Å². The molecule has 1 unspecified atom stereocenters. The van der Waals surface area contributed by atoms with Gasteiger partial charge in [0.25, 0.3) is 5.91 Å². The molecule has 0 aliphatic heterocycles. The first-order valence-corrected chi connectivity index (χ1v) is 7.61. The van der Waals surface area contributed by atoms with E-state index in [1.807, 2.05) is 55.7 Å². The van der Waals surface area contributed by atoms with Crippen LogP contribution in [0.25, 0.3) is 0 Å². The third-order valence-electron chi connectivity index (χ3n) is 3.00. The minimum absolute atomic E-state index is 0.0746. The van der Waals surface area contributed by atoms with Gasteiger partial charge < -0.3 is 4.90 Å². The van der Waals surface area contributed by atoms with Crippen molar-refractivity contribution in [3.05, 3.63) is 55.8 Å². The smallest absolute Gasteiger partial charge is 0.254 e. The summed E-state index contributed by atoms with van der Waals surface area (Å²) in [5, 5.41) is 1.92. The number of carbonyl (C=O) groups excluding carboxylic acids is 1. The van der Waals surface area contributed by atoms with E-state index < -0.39 is 0 Å². The summed E-state index contributed by atoms with van der Waals surface area (Å²) in [6.07, 6.45) is 0. The molecule has 0 saturated heterocycles. The number of hydrogen-bond acceptors (Lipinski definition) is 2. The Morgan fingerprint density at radius 2 is 2.00 bits per heavy atom. The van der Waals surface area contributed by atoms with Crippen molar-refractivity contribution in [3.63, 3.8) is 0 Å². The number of halogens is 1. The first-order chi connectivity index (χ1) is 8.59. The molecule has 0 saturated carbocycles. The third kappa shape index (κ3) is 2.92. The Morgan fingerprint density at radius 1 is 1.33 bits per heavy atom. The fourth-order valence-electron chi connectivity index (χ4n) is 1.76. The van der Waals surface area contributed by atoms with Crippen molar-refractivity contribution >= 4 is 39.8 Å². The molecule has 1 aromatic heterocycles. The zero-order valence-electron chi connectivity index (χ0n) is 10.3. The van der Waals surface area contributed by atoms with Gasteiger partial charge in [-0.15, -0.1) is 11.3 Å². The Bertz CT molecular complexity index is 538. The summed E-state index contributed by atoms with van der Waals surface area (Å²) in [7, 11) is 1.85. The summed E-state index contributed by atoms with van der Waals surface area (Å²) in [6.45, 7) is 2.05. The van der Waals surface area contributed by atoms with E-state index in [-0.39, 0.29) is 11.9 Å². The molecule has 0 spiro atoms. The highest BCUT2D eigenvalue weighted by Crippen LogP contribution is 2.23. The highest BCUT2D eigenvalue weighted by molar-refractivity contribution is 14.1. The summed E-state index contributed by atoms with van der Waals surface area (Å²) in [5.41, 5.74) is 1.92. The van der Waals surface area contributed by atoms with Crippen molar-refractivity contribution in [2.24, 2.45) is 0 Å². The molecule has 0 bridgehead atoms. The minimum atomic E-state index is 0.0746. The van der Waals surface area contributed by atoms with Gasteiger partial charge in [-0.1, -0.05) is 30.3 Å². The molecule has 1 aromatic carbocycles. The predicted molar refractivity (Wildman–Crippen MR) is 84.0 cm³/mol. The highest BCUT2D eigenvalue weighted by atomic mass is 127. The lowest BCUT2D eigenvalue weighted by molar-refractivity contribution is 0.0743. The van der Waals surface area contributed by atoms with Crippen LogP contribution < -0.4 is 0 Å². The van der Waals surface area contributed by atoms with Crippen LogP contribution in [0.15, 0.2) is 41.8 Å². The summed E-state index contributed by atoms with van der Waals surface area (Å²) in [6, 6.07) is 12.1. The van der Waals surface area contributed by atoms with Gasteiger partial charge in [0.2, 0.25) is 0 Å². The van der Waals surface area contributed by atoms with Gasteiger partial charge >= 0.3 is 0 Å². The maximum Gasteiger partial charge on any atom is 0.254 e. The monoisotopic (exact) mass is 371 g/mol. The number of amides is 1. The maximum atomic E-state index is 12.3. The second-order valence-corrected chi connectivity index (χ2v) is 6.95. The van der Waals surface area contributed by atoms with Crippen LogP contribution in [0.2, 0.25) is 0 Å². The number of nitrogens with zero attached hydrogens (tertiary/aromatic N) is 1. The van der Waals surface area contributed by atoms with Gasteiger partial charge in [-0.25, -0.2) is 0 Å². The molecule has 2 rings (SSSR count). The predicted octanol–water partition coefficient (Wildman–Crippen LogP) is 4.19. The molecule has 94 valence electrons. The van der Waals surface area contributed by atoms with Gasteiger partial charge in [0.05, 0.1) is 14.5 Å². The van der Waals surface area contributed by atoms with E-state index in [0.717, 1.165) is 14.0 Å². The number of rotatable bonds is 3. The van der Waals surface area contributed by atoms with Crippen molar-refractivity contribution in [2.45, 2.75) is 13.0 Å². The fraction of sp³-hybridized carbons (Fsp3) is 0.214.